The number of rotatable bonds is 7. The first-order valence-electron chi connectivity index (χ1n) is 6.17. The Labute approximate surface area is 122 Å². The maximum absolute atomic E-state index is 7.49. The third-order valence-corrected chi connectivity index (χ3v) is 3.69. The van der Waals surface area contributed by atoms with E-state index in [4.69, 9.17) is 20.6 Å². The molecule has 0 bridgehead atoms. The quantitative estimate of drug-likeness (QED) is 0.456. The van der Waals surface area contributed by atoms with Gasteiger partial charge in [-0.2, -0.15) is 0 Å². The van der Waals surface area contributed by atoms with E-state index in [9.17, 15) is 0 Å². The first kappa shape index (κ1) is 15.8. The third-order valence-electron chi connectivity index (χ3n) is 3.07. The highest BCUT2D eigenvalue weighted by Gasteiger charge is 2.20. The van der Waals surface area contributed by atoms with Crippen molar-refractivity contribution in [2.45, 2.75) is 26.7 Å². The molecule has 0 atom stereocenters. The molecule has 19 heavy (non-hydrogen) atoms. The standard InChI is InChI=1S/C14H21BrN2O2/c1-14(2,13(16)17)7-4-8-19-12-6-5-10(18-3)9-11(12)15/h5-6,9H,4,7-8H2,1-3H3,(H3,16,17). The fraction of sp³-hybridized carbons (Fsp3) is 0.500. The van der Waals surface area contributed by atoms with Gasteiger partial charge in [-0.1, -0.05) is 13.8 Å². The first-order chi connectivity index (χ1) is 8.86. The highest BCUT2D eigenvalue weighted by molar-refractivity contribution is 9.10. The fourth-order valence-electron chi connectivity index (χ4n) is 1.56. The lowest BCUT2D eigenvalue weighted by molar-refractivity contribution is 0.285. The molecule has 0 heterocycles. The van der Waals surface area contributed by atoms with E-state index < -0.39 is 0 Å². The van der Waals surface area contributed by atoms with E-state index in [1.807, 2.05) is 32.0 Å². The molecule has 0 aliphatic heterocycles. The number of amidine groups is 1. The van der Waals surface area contributed by atoms with E-state index in [1.54, 1.807) is 7.11 Å². The molecule has 1 aromatic carbocycles. The second-order valence-corrected chi connectivity index (χ2v) is 5.90. The third kappa shape index (κ3) is 4.74. The van der Waals surface area contributed by atoms with Crippen molar-refractivity contribution in [2.24, 2.45) is 11.1 Å². The van der Waals surface area contributed by atoms with Crippen molar-refractivity contribution in [2.75, 3.05) is 13.7 Å². The molecule has 0 saturated carbocycles. The van der Waals surface area contributed by atoms with Gasteiger partial charge in [0.1, 0.15) is 11.5 Å². The van der Waals surface area contributed by atoms with Crippen LogP contribution in [0, 0.1) is 10.8 Å². The molecule has 0 saturated heterocycles. The lowest BCUT2D eigenvalue weighted by atomic mass is 9.87. The van der Waals surface area contributed by atoms with Crippen molar-refractivity contribution in [3.63, 3.8) is 0 Å². The van der Waals surface area contributed by atoms with Gasteiger partial charge in [-0.25, -0.2) is 0 Å². The van der Waals surface area contributed by atoms with Crippen LogP contribution >= 0.6 is 15.9 Å². The number of halogens is 1. The molecule has 0 fully saturated rings. The number of nitrogens with one attached hydrogen (secondary N) is 1. The maximum Gasteiger partial charge on any atom is 0.133 e. The fourth-order valence-corrected chi connectivity index (χ4v) is 2.03. The molecule has 0 aliphatic rings. The summed E-state index contributed by atoms with van der Waals surface area (Å²) in [5.41, 5.74) is 5.28. The molecule has 0 aliphatic carbocycles. The van der Waals surface area contributed by atoms with Crippen LogP contribution in [-0.4, -0.2) is 19.6 Å². The van der Waals surface area contributed by atoms with Crippen LogP contribution in [0.25, 0.3) is 0 Å². The van der Waals surface area contributed by atoms with Gasteiger partial charge in [0.2, 0.25) is 0 Å². The molecular formula is C14H21BrN2O2. The van der Waals surface area contributed by atoms with Gasteiger partial charge >= 0.3 is 0 Å². The monoisotopic (exact) mass is 328 g/mol. The Balaban J connectivity index is 2.44. The second-order valence-electron chi connectivity index (χ2n) is 5.05. The van der Waals surface area contributed by atoms with Crippen LogP contribution in [0.4, 0.5) is 0 Å². The lowest BCUT2D eigenvalue weighted by Crippen LogP contribution is -2.31. The Hall–Kier alpha value is -1.23. The summed E-state index contributed by atoms with van der Waals surface area (Å²) in [4.78, 5) is 0. The van der Waals surface area contributed by atoms with Crippen LogP contribution in [0.1, 0.15) is 26.7 Å². The zero-order valence-electron chi connectivity index (χ0n) is 11.6. The van der Waals surface area contributed by atoms with Gasteiger partial charge in [-0.15, -0.1) is 0 Å². The lowest BCUT2D eigenvalue weighted by Gasteiger charge is -2.22. The van der Waals surface area contributed by atoms with E-state index in [-0.39, 0.29) is 11.3 Å². The SMILES string of the molecule is COc1ccc(OCCCC(C)(C)C(=N)N)c(Br)c1. The molecule has 5 heteroatoms. The average Bonchev–Trinajstić information content (AvgIpc) is 2.35. The number of nitrogens with two attached hydrogens (primary N) is 1. The van der Waals surface area contributed by atoms with Crippen LogP contribution in [0.15, 0.2) is 22.7 Å². The Bertz CT molecular complexity index is 447. The minimum atomic E-state index is -0.263. The highest BCUT2D eigenvalue weighted by atomic mass is 79.9. The van der Waals surface area contributed by atoms with Gasteiger partial charge in [0.15, 0.2) is 0 Å². The van der Waals surface area contributed by atoms with Crippen molar-refractivity contribution in [1.82, 2.24) is 0 Å². The number of ether oxygens (including phenoxy) is 2. The molecule has 0 amide bonds. The van der Waals surface area contributed by atoms with Crippen LogP contribution in [0.3, 0.4) is 0 Å². The Morgan fingerprint density at radius 2 is 2.11 bits per heavy atom. The van der Waals surface area contributed by atoms with E-state index in [1.165, 1.54) is 0 Å². The highest BCUT2D eigenvalue weighted by Crippen LogP contribution is 2.29. The molecule has 3 N–H and O–H groups in total. The molecule has 0 aromatic heterocycles. The number of methoxy groups -OCH3 is 1. The molecule has 0 spiro atoms. The van der Waals surface area contributed by atoms with Gasteiger partial charge in [0.25, 0.3) is 0 Å². The number of hydrogen-bond acceptors (Lipinski definition) is 3. The van der Waals surface area contributed by atoms with Gasteiger partial charge in [0, 0.05) is 5.41 Å². The summed E-state index contributed by atoms with van der Waals surface area (Å²) in [6, 6.07) is 5.60. The predicted octanol–water partition coefficient (Wildman–Crippen LogP) is 3.58. The summed E-state index contributed by atoms with van der Waals surface area (Å²) in [6.45, 7) is 4.54. The normalized spacial score (nSPS) is 11.2. The minimum absolute atomic E-state index is 0.220. The Kier molecular flexibility index (Phi) is 5.66. The smallest absolute Gasteiger partial charge is 0.133 e. The van der Waals surface area contributed by atoms with Crippen molar-refractivity contribution < 1.29 is 9.47 Å². The molecule has 1 rings (SSSR count). The second kappa shape index (κ2) is 6.80. The minimum Gasteiger partial charge on any atom is -0.497 e. The van der Waals surface area contributed by atoms with Crippen molar-refractivity contribution >= 4 is 21.8 Å². The van der Waals surface area contributed by atoms with Crippen molar-refractivity contribution in [1.29, 1.82) is 5.41 Å². The van der Waals surface area contributed by atoms with Crippen LogP contribution in [-0.2, 0) is 0 Å². The van der Waals surface area contributed by atoms with Gasteiger partial charge in [0.05, 0.1) is 24.0 Å². The van der Waals surface area contributed by atoms with E-state index >= 15 is 0 Å². The Morgan fingerprint density at radius 3 is 2.63 bits per heavy atom. The van der Waals surface area contributed by atoms with Crippen LogP contribution in [0.5, 0.6) is 11.5 Å². The molecule has 106 valence electrons. The summed E-state index contributed by atoms with van der Waals surface area (Å²) in [7, 11) is 1.63. The van der Waals surface area contributed by atoms with Gasteiger partial charge in [-0.3, -0.25) is 5.41 Å². The molecular weight excluding hydrogens is 308 g/mol. The first-order valence-corrected chi connectivity index (χ1v) is 6.97. The summed E-state index contributed by atoms with van der Waals surface area (Å²) < 4.78 is 11.7. The van der Waals surface area contributed by atoms with Crippen LogP contribution in [0.2, 0.25) is 0 Å². The average molecular weight is 329 g/mol. The summed E-state index contributed by atoms with van der Waals surface area (Å²) >= 11 is 3.44. The zero-order valence-corrected chi connectivity index (χ0v) is 13.2. The topological polar surface area (TPSA) is 68.3 Å². The predicted molar refractivity (Wildman–Crippen MR) is 81.1 cm³/mol. The van der Waals surface area contributed by atoms with Crippen LogP contribution < -0.4 is 15.2 Å². The van der Waals surface area contributed by atoms with Crippen molar-refractivity contribution in [3.05, 3.63) is 22.7 Å². The zero-order chi connectivity index (χ0) is 14.5. The summed E-state index contributed by atoms with van der Waals surface area (Å²) in [5.74, 6) is 1.80. The summed E-state index contributed by atoms with van der Waals surface area (Å²) in [6.07, 6.45) is 1.68. The largest absolute Gasteiger partial charge is 0.497 e. The van der Waals surface area contributed by atoms with E-state index in [2.05, 4.69) is 15.9 Å². The van der Waals surface area contributed by atoms with Gasteiger partial charge in [-0.05, 0) is 47.0 Å². The molecule has 4 nitrogen and oxygen atoms in total. The molecule has 0 radical (unpaired) electrons. The molecule has 1 aromatic rings. The van der Waals surface area contributed by atoms with E-state index in [0.717, 1.165) is 28.8 Å². The van der Waals surface area contributed by atoms with Crippen molar-refractivity contribution in [3.8, 4) is 11.5 Å². The van der Waals surface area contributed by atoms with Gasteiger partial charge < -0.3 is 15.2 Å². The molecule has 0 unspecified atom stereocenters. The number of benzene rings is 1. The summed E-state index contributed by atoms with van der Waals surface area (Å²) in [5, 5.41) is 7.49. The number of hydrogen-bond donors (Lipinski definition) is 2. The Morgan fingerprint density at radius 1 is 1.42 bits per heavy atom. The van der Waals surface area contributed by atoms with E-state index in [0.29, 0.717) is 6.61 Å². The maximum atomic E-state index is 7.49.